The third kappa shape index (κ3) is 23.5. The normalized spacial score (nSPS) is 18.3. The van der Waals surface area contributed by atoms with Crippen molar-refractivity contribution in [1.82, 2.24) is 46.2 Å². The van der Waals surface area contributed by atoms with Crippen molar-refractivity contribution in [3.05, 3.63) is 65.7 Å². The minimum Gasteiger partial charge on any atom is -0.445 e. The first-order valence-electron chi connectivity index (χ1n) is 33.3. The highest BCUT2D eigenvalue weighted by atomic mass is 32.1. The molecule has 2 fully saturated rings. The first kappa shape index (κ1) is 80.1. The number of rotatable bonds is 38. The van der Waals surface area contributed by atoms with Crippen LogP contribution in [0, 0.1) is 29.6 Å². The summed E-state index contributed by atoms with van der Waals surface area (Å²) in [5.74, 6) is -5.88. The maximum Gasteiger partial charge on any atom is 0.410 e. The van der Waals surface area contributed by atoms with Crippen LogP contribution >= 0.6 is 12.6 Å². The fourth-order valence-corrected chi connectivity index (χ4v) is 12.6. The van der Waals surface area contributed by atoms with Gasteiger partial charge in [0.25, 0.3) is 0 Å². The van der Waals surface area contributed by atoms with Crippen molar-refractivity contribution in [2.24, 2.45) is 35.3 Å². The summed E-state index contributed by atoms with van der Waals surface area (Å²) in [6.45, 7) is 18.6. The zero-order chi connectivity index (χ0) is 71.0. The molecule has 0 radical (unpaired) electrons. The summed E-state index contributed by atoms with van der Waals surface area (Å²) in [7, 11) is 6.08. The monoisotopic (exact) mass is 1350 g/mol. The molecule has 2 saturated heterocycles. The summed E-state index contributed by atoms with van der Waals surface area (Å²) in [6, 6.07) is 8.73. The molecule has 27 heteroatoms. The van der Waals surface area contributed by atoms with Crippen molar-refractivity contribution >= 4 is 83.6 Å². The summed E-state index contributed by atoms with van der Waals surface area (Å²) < 4.78 is 17.8. The Bertz CT molecular complexity index is 2890. The highest BCUT2D eigenvalue weighted by Crippen LogP contribution is 2.31. The number of imide groups is 1. The second-order valence-corrected chi connectivity index (χ2v) is 26.8. The topological polar surface area (TPSA) is 347 Å². The minimum absolute atomic E-state index is 0.0628. The highest BCUT2D eigenvalue weighted by Gasteiger charge is 2.44. The van der Waals surface area contributed by atoms with Gasteiger partial charge in [-0.15, -0.1) is 0 Å². The van der Waals surface area contributed by atoms with Gasteiger partial charge in [0.05, 0.1) is 54.0 Å². The van der Waals surface area contributed by atoms with E-state index in [4.69, 9.17) is 19.9 Å². The zero-order valence-corrected chi connectivity index (χ0v) is 58.9. The molecule has 2 aromatic carbocycles. The molecule has 9 N–H and O–H groups in total. The number of benzene rings is 2. The van der Waals surface area contributed by atoms with E-state index >= 15 is 0 Å². The number of thiol groups is 1. The van der Waals surface area contributed by atoms with E-state index in [1.165, 1.54) is 31.1 Å². The second kappa shape index (κ2) is 39.0. The van der Waals surface area contributed by atoms with Gasteiger partial charge in [0, 0.05) is 66.5 Å². The number of likely N-dealkylation sites (tertiary alicyclic amines) is 2. The molecular formula is C68H107N11O15S. The van der Waals surface area contributed by atoms with E-state index in [0.29, 0.717) is 61.9 Å². The molecule has 12 amide bonds. The van der Waals surface area contributed by atoms with Crippen molar-refractivity contribution in [3.8, 4) is 0 Å². The maximum absolute atomic E-state index is 14.8. The van der Waals surface area contributed by atoms with E-state index < -0.39 is 125 Å². The molecule has 0 saturated carbocycles. The molecule has 2 aliphatic heterocycles. The molecule has 13 atom stereocenters. The predicted molar refractivity (Wildman–Crippen MR) is 362 cm³/mol. The van der Waals surface area contributed by atoms with E-state index in [9.17, 15) is 57.8 Å². The Morgan fingerprint density at radius 3 is 1.97 bits per heavy atom. The molecular weight excluding hydrogens is 1240 g/mol. The van der Waals surface area contributed by atoms with Crippen LogP contribution in [-0.4, -0.2) is 198 Å². The van der Waals surface area contributed by atoms with Crippen LogP contribution in [0.5, 0.6) is 0 Å². The lowest BCUT2D eigenvalue weighted by atomic mass is 9.89. The Kier molecular flexibility index (Phi) is 32.9. The molecule has 6 unspecified atom stereocenters. The van der Waals surface area contributed by atoms with Crippen molar-refractivity contribution in [2.75, 3.05) is 53.3 Å². The maximum atomic E-state index is 14.8. The summed E-state index contributed by atoms with van der Waals surface area (Å²) in [5, 5.41) is 27.0. The molecule has 2 aromatic rings. The number of nitrogens with one attached hydrogen (secondary N) is 6. The third-order valence-electron chi connectivity index (χ3n) is 18.0. The SMILES string of the molecule is CC[C@H](C)[C@@H](C(CC(=O)N1CCC[C@H]1[C@H](OC)C(C)C(=O)NC(C)C(O)c1ccccc1)OC)N(C)C(=O)[C@@H](NC(=O)[C@H](C(C)C)N(C)C(=O)OCc1ccc(NC(=O)[C@H](CCCNC(N)=O)NC(=O)C(NC(=O)CCCCCN2C(=O)CC(S)C2=O)C(C)C)cc1)C(C)C. The predicted octanol–water partition coefficient (Wildman–Crippen LogP) is 5.21. The Balaban J connectivity index is 1.37. The molecule has 2 heterocycles. The fraction of sp³-hybridized carbons (Fsp3) is 0.662. The van der Waals surface area contributed by atoms with Crippen molar-refractivity contribution in [3.63, 3.8) is 0 Å². The van der Waals surface area contributed by atoms with Crippen LogP contribution in [0.1, 0.15) is 157 Å². The lowest BCUT2D eigenvalue weighted by Gasteiger charge is -2.41. The van der Waals surface area contributed by atoms with Gasteiger partial charge in [-0.1, -0.05) is 118 Å². The number of nitrogens with two attached hydrogens (primary N) is 1. The minimum atomic E-state index is -1.12. The van der Waals surface area contributed by atoms with Gasteiger partial charge in [-0.3, -0.25) is 53.0 Å². The lowest BCUT2D eigenvalue weighted by Crippen LogP contribution is -2.60. The van der Waals surface area contributed by atoms with E-state index in [0.717, 1.165) is 0 Å². The summed E-state index contributed by atoms with van der Waals surface area (Å²) >= 11 is 4.15. The van der Waals surface area contributed by atoms with Crippen LogP contribution < -0.4 is 37.6 Å². The molecule has 0 spiro atoms. The van der Waals surface area contributed by atoms with Crippen LogP contribution in [0.3, 0.4) is 0 Å². The summed E-state index contributed by atoms with van der Waals surface area (Å²) in [4.78, 5) is 153. The summed E-state index contributed by atoms with van der Waals surface area (Å²) in [6.07, 6.45) is 0.559. The number of urea groups is 1. The molecule has 0 bridgehead atoms. The number of anilines is 1. The number of unbranched alkanes of at least 4 members (excludes halogenated alkanes) is 2. The number of methoxy groups -OCH3 is 2. The zero-order valence-electron chi connectivity index (χ0n) is 58.0. The van der Waals surface area contributed by atoms with Crippen LogP contribution in [0.15, 0.2) is 54.6 Å². The number of aliphatic hydroxyl groups is 1. The Morgan fingerprint density at radius 2 is 1.40 bits per heavy atom. The number of aliphatic hydroxyl groups excluding tert-OH is 1. The molecule has 0 aliphatic carbocycles. The van der Waals surface area contributed by atoms with Crippen LogP contribution in [-0.2, 0) is 64.0 Å². The van der Waals surface area contributed by atoms with Gasteiger partial charge < -0.3 is 66.8 Å². The van der Waals surface area contributed by atoms with E-state index in [2.05, 4.69) is 44.5 Å². The first-order chi connectivity index (χ1) is 44.9. The number of primary amides is 1. The number of carbonyl (C=O) groups excluding carboxylic acids is 11. The lowest BCUT2D eigenvalue weighted by molar-refractivity contribution is -0.148. The van der Waals surface area contributed by atoms with Gasteiger partial charge in [-0.25, -0.2) is 9.59 Å². The quantitative estimate of drug-likeness (QED) is 0.0237. The molecule has 26 nitrogen and oxygen atoms in total. The number of ether oxygens (including phenoxy) is 3. The van der Waals surface area contributed by atoms with Gasteiger partial charge in [0.2, 0.25) is 53.2 Å². The van der Waals surface area contributed by atoms with Crippen molar-refractivity contribution < 1.29 is 72.1 Å². The smallest absolute Gasteiger partial charge is 0.410 e. The Hall–Kier alpha value is -7.36. The Labute approximate surface area is 566 Å². The van der Waals surface area contributed by atoms with E-state index in [-0.39, 0.29) is 87.3 Å². The molecule has 95 heavy (non-hydrogen) atoms. The molecule has 530 valence electrons. The molecule has 4 rings (SSSR count). The van der Waals surface area contributed by atoms with Gasteiger partial charge in [-0.2, -0.15) is 12.6 Å². The fourth-order valence-electron chi connectivity index (χ4n) is 12.3. The van der Waals surface area contributed by atoms with E-state index in [1.54, 1.807) is 109 Å². The second-order valence-electron chi connectivity index (χ2n) is 26.2. The van der Waals surface area contributed by atoms with E-state index in [1.807, 2.05) is 32.0 Å². The van der Waals surface area contributed by atoms with Gasteiger partial charge in [-0.05, 0) is 92.4 Å². The first-order valence-corrected chi connectivity index (χ1v) is 33.8. The van der Waals surface area contributed by atoms with Crippen molar-refractivity contribution in [2.45, 2.75) is 212 Å². The Morgan fingerprint density at radius 1 is 0.747 bits per heavy atom. The highest BCUT2D eigenvalue weighted by molar-refractivity contribution is 7.81. The largest absolute Gasteiger partial charge is 0.445 e. The molecule has 0 aromatic heterocycles. The number of hydrogen-bond acceptors (Lipinski definition) is 16. The number of carbonyl (C=O) groups is 11. The third-order valence-corrected chi connectivity index (χ3v) is 18.4. The van der Waals surface area contributed by atoms with Crippen molar-refractivity contribution in [1.29, 1.82) is 0 Å². The number of nitrogens with zero attached hydrogens (tertiary/aromatic N) is 4. The standard InChI is InChI=1S/C68H107N11O15S/c1-15-42(8)58(50(92-13)36-53(81)78-35-23-27-49(78)60(93-14)43(9)61(84)71-44(10)59(83)46-24-18-16-19-25-46)76(11)66(89)56(40(4)5)75-64(87)57(41(6)7)77(12)68(91)94-38-45-29-31-47(32-30-45)72-62(85)48(26-22-33-70-67(69)90)73-63(86)55(39(2)3)74-52(80)28-20-17-21-34-79-54(82)37-51(95)65(79)88/h16,18-19,24-25,29-32,39-44,48-51,55-60,83,95H,15,17,20-23,26-28,33-38H2,1-14H3,(H,71,84)(H,72,85)(H,73,86)(H,74,80)(H,75,87)(H3,69,70,90)/t42-,43?,44?,48-,49-,50?,51?,55?,56-,57-,58-,59?,60+/m0/s1. The van der Waals surface area contributed by atoms with Crippen LogP contribution in [0.4, 0.5) is 15.3 Å². The summed E-state index contributed by atoms with van der Waals surface area (Å²) in [5.41, 5.74) is 6.77. The van der Waals surface area contributed by atoms with Gasteiger partial charge in [0.1, 0.15) is 30.8 Å². The number of amides is 12. The average Bonchev–Trinajstić information content (AvgIpc) is 1.78. The van der Waals surface area contributed by atoms with Crippen LogP contribution in [0.2, 0.25) is 0 Å². The number of hydrogen-bond donors (Lipinski definition) is 9. The van der Waals surface area contributed by atoms with Gasteiger partial charge in [0.15, 0.2) is 0 Å². The molecule has 2 aliphatic rings. The average molecular weight is 1350 g/mol. The van der Waals surface area contributed by atoms with Crippen LogP contribution in [0.25, 0.3) is 0 Å². The van der Waals surface area contributed by atoms with Gasteiger partial charge >= 0.3 is 12.1 Å². The number of likely N-dealkylation sites (N-methyl/N-ethyl adjacent to an activating group) is 2.